The van der Waals surface area contributed by atoms with Gasteiger partial charge >= 0.3 is 11.9 Å². The van der Waals surface area contributed by atoms with E-state index < -0.39 is 17.4 Å². The van der Waals surface area contributed by atoms with Crippen LogP contribution < -0.4 is 0 Å². The van der Waals surface area contributed by atoms with Crippen molar-refractivity contribution in [3.63, 3.8) is 0 Å². The number of nitrogens with zero attached hydrogens (tertiary/aromatic N) is 3. The number of carboxylic acids is 1. The molecule has 1 aromatic rings. The Bertz CT molecular complexity index is 1600. The summed E-state index contributed by atoms with van der Waals surface area (Å²) >= 11 is 6.18. The molecule has 8 atom stereocenters. The van der Waals surface area contributed by atoms with Crippen LogP contribution in [0.3, 0.4) is 0 Å². The number of fused-ring (bicyclic) bond motifs is 7. The van der Waals surface area contributed by atoms with Gasteiger partial charge in [-0.2, -0.15) is 0 Å². The van der Waals surface area contributed by atoms with Crippen molar-refractivity contribution < 1.29 is 24.2 Å². The first-order valence-electron chi connectivity index (χ1n) is 21.0. The first-order chi connectivity index (χ1) is 25.3. The van der Waals surface area contributed by atoms with Crippen molar-refractivity contribution in [2.75, 3.05) is 33.7 Å². The van der Waals surface area contributed by atoms with E-state index in [1.165, 1.54) is 19.3 Å². The average molecular weight is 767 g/mol. The topological polar surface area (TPSA) is 100 Å². The summed E-state index contributed by atoms with van der Waals surface area (Å²) in [4.78, 5) is 48.3. The fourth-order valence-corrected chi connectivity index (χ4v) is 12.8. The monoisotopic (exact) mass is 765 g/mol. The van der Waals surface area contributed by atoms with E-state index in [9.17, 15) is 19.5 Å². The Kier molecular flexibility index (Phi) is 11.9. The van der Waals surface area contributed by atoms with Crippen LogP contribution in [0.4, 0.5) is 0 Å². The molecule has 9 heteroatoms. The number of carbonyl (C=O) groups is 3. The maximum absolute atomic E-state index is 14.1. The van der Waals surface area contributed by atoms with Gasteiger partial charge in [0.2, 0.25) is 0 Å². The van der Waals surface area contributed by atoms with Gasteiger partial charge in [-0.15, -0.1) is 0 Å². The van der Waals surface area contributed by atoms with Crippen LogP contribution in [-0.4, -0.2) is 77.4 Å². The zero-order valence-electron chi connectivity index (χ0n) is 34.7. The lowest BCUT2D eigenvalue weighted by Gasteiger charge is -2.65. The summed E-state index contributed by atoms with van der Waals surface area (Å²) in [5, 5.41) is 10.3. The van der Waals surface area contributed by atoms with Gasteiger partial charge in [-0.1, -0.05) is 51.8 Å². The molecule has 0 bridgehead atoms. The van der Waals surface area contributed by atoms with E-state index in [0.29, 0.717) is 46.8 Å². The Morgan fingerprint density at radius 1 is 1.00 bits per heavy atom. The van der Waals surface area contributed by atoms with Crippen molar-refractivity contribution in [3.8, 4) is 0 Å². The lowest BCUT2D eigenvalue weighted by Crippen LogP contribution is -2.59. The highest BCUT2D eigenvalue weighted by Crippen LogP contribution is 2.69. The van der Waals surface area contributed by atoms with Crippen LogP contribution in [0.25, 0.3) is 0 Å². The molecule has 0 aliphatic heterocycles. The van der Waals surface area contributed by atoms with Crippen molar-refractivity contribution >= 4 is 29.3 Å². The van der Waals surface area contributed by atoms with Crippen molar-refractivity contribution in [2.24, 2.45) is 57.2 Å². The second-order valence-corrected chi connectivity index (χ2v) is 20.6. The SMILES string of the molecule is CC(C)C1=C2C3CCC4C(CCC5C(C)(C)C(OC(=O)CC(C)(C)C(=O)O)CCC45C)C3CCC2(CCN(CCN(C)C)Cc2ccc(Cl)cn2)CC1=O. The maximum Gasteiger partial charge on any atom is 0.309 e. The summed E-state index contributed by atoms with van der Waals surface area (Å²) in [6.07, 6.45) is 12.0. The molecule has 8 nitrogen and oxygen atoms in total. The first kappa shape index (κ1) is 41.3. The van der Waals surface area contributed by atoms with Gasteiger partial charge in [-0.25, -0.2) is 0 Å². The predicted octanol–water partition coefficient (Wildman–Crippen LogP) is 9.10. The Labute approximate surface area is 330 Å². The normalized spacial score (nSPS) is 33.4. The van der Waals surface area contributed by atoms with Gasteiger partial charge in [-0.05, 0) is 151 Å². The number of ketones is 1. The van der Waals surface area contributed by atoms with Crippen molar-refractivity contribution in [2.45, 2.75) is 132 Å². The molecule has 0 amide bonds. The number of Topliss-reactive ketones (excluding diaryl/α,β-unsaturated/α-hetero) is 1. The van der Waals surface area contributed by atoms with Crippen LogP contribution in [0.5, 0.6) is 0 Å². The van der Waals surface area contributed by atoms with Crippen molar-refractivity contribution in [3.05, 3.63) is 40.2 Å². The molecule has 0 aromatic carbocycles. The number of ether oxygens (including phenoxy) is 1. The van der Waals surface area contributed by atoms with Gasteiger partial charge in [0.1, 0.15) is 6.10 Å². The molecule has 8 unspecified atom stereocenters. The molecule has 5 aliphatic carbocycles. The second-order valence-electron chi connectivity index (χ2n) is 20.2. The van der Waals surface area contributed by atoms with E-state index in [0.717, 1.165) is 76.0 Å². The summed E-state index contributed by atoms with van der Waals surface area (Å²) in [6, 6.07) is 3.96. The minimum absolute atomic E-state index is 0.0469. The molecule has 300 valence electrons. The number of pyridine rings is 1. The Hall–Kier alpha value is -2.29. The van der Waals surface area contributed by atoms with E-state index in [2.05, 4.69) is 63.5 Å². The number of aromatic nitrogens is 1. The van der Waals surface area contributed by atoms with Crippen LogP contribution >= 0.6 is 11.6 Å². The maximum atomic E-state index is 14.1. The van der Waals surface area contributed by atoms with Gasteiger partial charge in [0.25, 0.3) is 0 Å². The molecule has 1 N–H and O–H groups in total. The molecular weight excluding hydrogens is 698 g/mol. The molecular formula is C45H68ClN3O5. The lowest BCUT2D eigenvalue weighted by molar-refractivity contribution is -0.195. The van der Waals surface area contributed by atoms with Crippen molar-refractivity contribution in [1.29, 1.82) is 0 Å². The van der Waals surface area contributed by atoms with Gasteiger partial charge in [-0.3, -0.25) is 24.3 Å². The third-order valence-electron chi connectivity index (χ3n) is 15.4. The number of esters is 1. The van der Waals surface area contributed by atoms with Crippen LogP contribution in [-0.2, 0) is 25.7 Å². The number of halogens is 1. The second kappa shape index (κ2) is 15.6. The summed E-state index contributed by atoms with van der Waals surface area (Å²) in [5.41, 5.74) is 2.53. The molecule has 6 rings (SSSR count). The Balaban J connectivity index is 1.20. The quantitative estimate of drug-likeness (QED) is 0.199. The standard InChI is InChI=1S/C45H68ClN3O5/c1-28(2)39-35(50)24-45(20-21-49(23-22-48(8)9)27-30-11-10-29(46)26-47-30)19-16-31-32-13-15-36-43(5,6)37(54-38(51)25-42(3,4)41(52)53)17-18-44(36,7)34(32)14-12-33(31)40(39)45/h10-11,26,28,31-34,36-37H,12-25,27H2,1-9H3,(H,52,53). The van der Waals surface area contributed by atoms with Gasteiger partial charge in [0, 0.05) is 43.1 Å². The molecule has 1 heterocycles. The summed E-state index contributed by atoms with van der Waals surface area (Å²) in [5.74, 6) is 2.08. The van der Waals surface area contributed by atoms with E-state index >= 15 is 0 Å². The molecule has 1 aromatic heterocycles. The molecule has 4 fully saturated rings. The van der Waals surface area contributed by atoms with Gasteiger partial charge in [0.05, 0.1) is 22.6 Å². The van der Waals surface area contributed by atoms with Crippen molar-refractivity contribution in [1.82, 2.24) is 14.8 Å². The third-order valence-corrected chi connectivity index (χ3v) is 15.6. The molecule has 4 saturated carbocycles. The minimum atomic E-state index is -1.15. The average Bonchev–Trinajstić information content (AvgIpc) is 3.40. The summed E-state index contributed by atoms with van der Waals surface area (Å²) in [6.45, 7) is 18.4. The van der Waals surface area contributed by atoms with Crippen LogP contribution in [0, 0.1) is 57.2 Å². The van der Waals surface area contributed by atoms with Gasteiger partial charge in [0.15, 0.2) is 5.78 Å². The highest BCUT2D eigenvalue weighted by Gasteiger charge is 2.63. The molecule has 0 saturated heterocycles. The highest BCUT2D eigenvalue weighted by molar-refractivity contribution is 6.30. The molecule has 0 spiro atoms. The third kappa shape index (κ3) is 7.83. The van der Waals surface area contributed by atoms with E-state index in [-0.39, 0.29) is 34.7 Å². The number of carboxylic acid groups (broad SMARTS) is 1. The van der Waals surface area contributed by atoms with Gasteiger partial charge < -0.3 is 14.7 Å². The van der Waals surface area contributed by atoms with Crippen LogP contribution in [0.15, 0.2) is 29.5 Å². The van der Waals surface area contributed by atoms with Crippen LogP contribution in [0.2, 0.25) is 5.02 Å². The summed E-state index contributed by atoms with van der Waals surface area (Å²) < 4.78 is 6.16. The van der Waals surface area contributed by atoms with E-state index in [1.807, 2.05) is 12.1 Å². The summed E-state index contributed by atoms with van der Waals surface area (Å²) in [7, 11) is 4.25. The number of hydrogen-bond acceptors (Lipinski definition) is 7. The zero-order valence-corrected chi connectivity index (χ0v) is 35.4. The number of rotatable bonds is 13. The Morgan fingerprint density at radius 3 is 2.39 bits per heavy atom. The largest absolute Gasteiger partial charge is 0.481 e. The van der Waals surface area contributed by atoms with Crippen LogP contribution in [0.1, 0.15) is 125 Å². The zero-order chi connectivity index (χ0) is 39.4. The lowest BCUT2D eigenvalue weighted by atomic mass is 9.40. The molecule has 54 heavy (non-hydrogen) atoms. The van der Waals surface area contributed by atoms with E-state index in [4.69, 9.17) is 16.3 Å². The molecule has 0 radical (unpaired) electrons. The fourth-order valence-electron chi connectivity index (χ4n) is 12.7. The number of hydrogen-bond donors (Lipinski definition) is 1. The molecule has 5 aliphatic rings. The van der Waals surface area contributed by atoms with E-state index in [1.54, 1.807) is 25.6 Å². The predicted molar refractivity (Wildman–Crippen MR) is 214 cm³/mol. The number of likely N-dealkylation sites (N-methyl/N-ethyl adjacent to an activating group) is 1. The minimum Gasteiger partial charge on any atom is -0.481 e. The fraction of sp³-hybridized carbons (Fsp3) is 0.778. The Morgan fingerprint density at radius 2 is 1.74 bits per heavy atom. The number of carbonyl (C=O) groups excluding carboxylic acids is 2. The number of allylic oxidation sites excluding steroid dienone is 2. The first-order valence-corrected chi connectivity index (χ1v) is 21.3. The smallest absolute Gasteiger partial charge is 0.309 e. The number of aliphatic carboxylic acids is 1. The highest BCUT2D eigenvalue weighted by atomic mass is 35.5.